The Morgan fingerprint density at radius 3 is 2.03 bits per heavy atom. The summed E-state index contributed by atoms with van der Waals surface area (Å²) in [4.78, 5) is 47.8. The Balaban J connectivity index is 2.93. The maximum atomic E-state index is 12.0. The lowest BCUT2D eigenvalue weighted by molar-refractivity contribution is -0.139. The second-order valence-corrected chi connectivity index (χ2v) is 9.08. The summed E-state index contributed by atoms with van der Waals surface area (Å²) in [5, 5.41) is 12.5. The molecule has 2 atom stereocenters. The highest BCUT2D eigenvalue weighted by Crippen LogP contribution is 2.30. The summed E-state index contributed by atoms with van der Waals surface area (Å²) in [6, 6.07) is 3.18. The van der Waals surface area contributed by atoms with Crippen LogP contribution < -0.4 is 14.8 Å². The number of hydrogen-bond donors (Lipinski definition) is 2. The van der Waals surface area contributed by atoms with Gasteiger partial charge in [-0.1, -0.05) is 26.8 Å². The highest BCUT2D eigenvalue weighted by Gasteiger charge is 2.25. The van der Waals surface area contributed by atoms with Crippen molar-refractivity contribution in [3.05, 3.63) is 23.8 Å². The van der Waals surface area contributed by atoms with E-state index < -0.39 is 42.2 Å². The van der Waals surface area contributed by atoms with Gasteiger partial charge in [0.05, 0.1) is 13.2 Å². The highest BCUT2D eigenvalue weighted by molar-refractivity contribution is 5.74. The number of carboxylic acids is 1. The molecule has 1 aromatic carbocycles. The normalized spacial score (nSPS) is 12.6. The van der Waals surface area contributed by atoms with E-state index >= 15 is 0 Å². The molecule has 1 rings (SSSR count). The molecular weight excluding hydrogens is 502 g/mol. The first-order chi connectivity index (χ1) is 17.9. The molecular formula is C26H39NO11. The van der Waals surface area contributed by atoms with Crippen LogP contribution in [0, 0.1) is 0 Å². The fourth-order valence-corrected chi connectivity index (χ4v) is 2.77. The highest BCUT2D eigenvalue weighted by atomic mass is 16.7. The number of nitrogens with one attached hydrogen (secondary N) is 1. The van der Waals surface area contributed by atoms with Gasteiger partial charge in [0, 0.05) is 6.54 Å². The van der Waals surface area contributed by atoms with Crippen LogP contribution in [0.3, 0.4) is 0 Å². The number of carbonyl (C=O) groups is 4. The minimum Gasteiger partial charge on any atom is -0.480 e. The molecule has 38 heavy (non-hydrogen) atoms. The minimum atomic E-state index is -1.15. The molecule has 0 saturated carbocycles. The van der Waals surface area contributed by atoms with Gasteiger partial charge < -0.3 is 38.8 Å². The lowest BCUT2D eigenvalue weighted by atomic mass is 10.0. The predicted octanol–water partition coefficient (Wildman–Crippen LogP) is 4.85. The molecule has 0 amide bonds. The van der Waals surface area contributed by atoms with Crippen LogP contribution in [0.15, 0.2) is 18.2 Å². The molecule has 0 bridgehead atoms. The monoisotopic (exact) mass is 541 g/mol. The molecule has 0 aliphatic carbocycles. The predicted molar refractivity (Wildman–Crippen MR) is 136 cm³/mol. The summed E-state index contributed by atoms with van der Waals surface area (Å²) in [6.07, 6.45) is -1.77. The van der Waals surface area contributed by atoms with E-state index in [2.05, 4.69) is 5.32 Å². The van der Waals surface area contributed by atoms with E-state index in [-0.39, 0.29) is 37.7 Å². The molecule has 0 aliphatic rings. The van der Waals surface area contributed by atoms with Crippen molar-refractivity contribution in [3.8, 4) is 11.5 Å². The lowest BCUT2D eigenvalue weighted by Gasteiger charge is -2.24. The molecule has 214 valence electrons. The number of carboxylic acid groups (broad SMARTS) is 1. The SMILES string of the molecule is CCCOC(=O)Oc1ccc(C[C@H](NCC(C)OC(=O)OC(C)(C)CC)C(=O)O)cc1OC(=O)OCCC. The summed E-state index contributed by atoms with van der Waals surface area (Å²) in [7, 11) is 0. The van der Waals surface area contributed by atoms with Gasteiger partial charge in [0.1, 0.15) is 17.7 Å². The quantitative estimate of drug-likeness (QED) is 0.177. The van der Waals surface area contributed by atoms with Gasteiger partial charge in [-0.3, -0.25) is 4.79 Å². The van der Waals surface area contributed by atoms with Crippen molar-refractivity contribution in [3.63, 3.8) is 0 Å². The van der Waals surface area contributed by atoms with Crippen molar-refractivity contribution < 1.29 is 52.7 Å². The molecule has 1 unspecified atom stereocenters. The second-order valence-electron chi connectivity index (χ2n) is 9.08. The fourth-order valence-electron chi connectivity index (χ4n) is 2.77. The van der Waals surface area contributed by atoms with Crippen LogP contribution in [0.1, 0.15) is 66.4 Å². The number of carbonyl (C=O) groups excluding carboxylic acids is 3. The van der Waals surface area contributed by atoms with E-state index in [9.17, 15) is 24.3 Å². The molecule has 12 nitrogen and oxygen atoms in total. The maximum absolute atomic E-state index is 12.0. The van der Waals surface area contributed by atoms with Crippen molar-refractivity contribution in [1.82, 2.24) is 5.32 Å². The third kappa shape index (κ3) is 12.6. The van der Waals surface area contributed by atoms with Gasteiger partial charge in [-0.25, -0.2) is 14.4 Å². The zero-order chi connectivity index (χ0) is 28.7. The molecule has 0 aliphatic heterocycles. The van der Waals surface area contributed by atoms with E-state index in [4.69, 9.17) is 28.4 Å². The Hall–Kier alpha value is -3.54. The van der Waals surface area contributed by atoms with Gasteiger partial charge in [0.15, 0.2) is 11.5 Å². The Kier molecular flexibility index (Phi) is 14.0. The Morgan fingerprint density at radius 2 is 1.50 bits per heavy atom. The maximum Gasteiger partial charge on any atom is 0.513 e. The standard InChI is InChI=1S/C26H39NO11/c1-7-12-33-23(30)36-20-11-10-18(15-21(20)37-24(31)34-13-8-2)14-19(22(28)29)27-16-17(4)35-25(32)38-26(5,6)9-3/h10-11,15,17,19,27H,7-9,12-14,16H2,1-6H3,(H,28,29)/t17?,19-/m0/s1. The third-order valence-electron chi connectivity index (χ3n) is 5.14. The second kappa shape index (κ2) is 16.3. The average Bonchev–Trinajstić information content (AvgIpc) is 2.84. The van der Waals surface area contributed by atoms with Crippen LogP contribution in [-0.2, 0) is 30.2 Å². The molecule has 0 saturated heterocycles. The summed E-state index contributed by atoms with van der Waals surface area (Å²) < 4.78 is 30.6. The number of aliphatic carboxylic acids is 1. The topological polar surface area (TPSA) is 156 Å². The van der Waals surface area contributed by atoms with Gasteiger partial charge in [-0.05, 0) is 64.2 Å². The lowest BCUT2D eigenvalue weighted by Crippen LogP contribution is -2.43. The van der Waals surface area contributed by atoms with Crippen LogP contribution in [0.5, 0.6) is 11.5 Å². The average molecular weight is 542 g/mol. The van der Waals surface area contributed by atoms with Crippen LogP contribution >= 0.6 is 0 Å². The molecule has 2 N–H and O–H groups in total. The summed E-state index contributed by atoms with van der Waals surface area (Å²) in [6.45, 7) is 10.9. The van der Waals surface area contributed by atoms with E-state index in [0.717, 1.165) is 0 Å². The van der Waals surface area contributed by atoms with Gasteiger partial charge in [-0.15, -0.1) is 0 Å². The Bertz CT molecular complexity index is 932. The number of rotatable bonds is 15. The first-order valence-electron chi connectivity index (χ1n) is 12.6. The van der Waals surface area contributed by atoms with Gasteiger partial charge in [0.25, 0.3) is 0 Å². The van der Waals surface area contributed by atoms with Crippen LogP contribution in [0.2, 0.25) is 0 Å². The molecule has 1 aromatic rings. The van der Waals surface area contributed by atoms with Gasteiger partial charge >= 0.3 is 24.4 Å². The number of hydrogen-bond acceptors (Lipinski definition) is 11. The van der Waals surface area contributed by atoms with Crippen molar-refractivity contribution >= 4 is 24.4 Å². The van der Waals surface area contributed by atoms with Crippen molar-refractivity contribution in [2.24, 2.45) is 0 Å². The van der Waals surface area contributed by atoms with Crippen LogP contribution in [0.4, 0.5) is 14.4 Å². The van der Waals surface area contributed by atoms with Gasteiger partial charge in [0.2, 0.25) is 0 Å². The van der Waals surface area contributed by atoms with Crippen LogP contribution in [0.25, 0.3) is 0 Å². The Morgan fingerprint density at radius 1 is 0.921 bits per heavy atom. The number of ether oxygens (including phenoxy) is 6. The molecule has 0 fully saturated rings. The van der Waals surface area contributed by atoms with Crippen LogP contribution in [-0.4, -0.2) is 67.0 Å². The van der Waals surface area contributed by atoms with E-state index in [0.29, 0.717) is 24.8 Å². The first kappa shape index (κ1) is 32.5. The largest absolute Gasteiger partial charge is 0.513 e. The number of benzene rings is 1. The van der Waals surface area contributed by atoms with E-state index in [1.165, 1.54) is 18.2 Å². The summed E-state index contributed by atoms with van der Waals surface area (Å²) in [5.74, 6) is -1.39. The molecule has 0 aromatic heterocycles. The van der Waals surface area contributed by atoms with Crippen molar-refractivity contribution in [2.75, 3.05) is 19.8 Å². The molecule has 0 spiro atoms. The molecule has 0 heterocycles. The van der Waals surface area contributed by atoms with Crippen molar-refractivity contribution in [2.45, 2.75) is 85.0 Å². The van der Waals surface area contributed by atoms with E-state index in [1.54, 1.807) is 20.8 Å². The van der Waals surface area contributed by atoms with Crippen molar-refractivity contribution in [1.29, 1.82) is 0 Å². The molecule has 0 radical (unpaired) electrons. The first-order valence-corrected chi connectivity index (χ1v) is 12.6. The Labute approximate surface area is 222 Å². The minimum absolute atomic E-state index is 0.0315. The smallest absolute Gasteiger partial charge is 0.480 e. The molecule has 12 heteroatoms. The summed E-state index contributed by atoms with van der Waals surface area (Å²) in [5.41, 5.74) is -0.228. The zero-order valence-corrected chi connectivity index (χ0v) is 22.9. The fraction of sp³-hybridized carbons (Fsp3) is 0.615. The third-order valence-corrected chi connectivity index (χ3v) is 5.14. The summed E-state index contributed by atoms with van der Waals surface area (Å²) >= 11 is 0. The van der Waals surface area contributed by atoms with Gasteiger partial charge in [-0.2, -0.15) is 0 Å². The van der Waals surface area contributed by atoms with E-state index in [1.807, 2.05) is 20.8 Å². The zero-order valence-electron chi connectivity index (χ0n) is 22.9.